The molecule has 2 saturated heterocycles. The standard InChI is InChI=1S/C23H31N3O2/c1-17(27)20-16-26(22-10-3-2-8-19(20)22)14-11-23(28)24-15-18-7-6-13-25-12-5-4-9-21(18)25/h2-3,8,10,16,18,21H,4-7,9,11-15H2,1H3,(H,24,28). The normalized spacial score (nSPS) is 22.8. The molecule has 28 heavy (non-hydrogen) atoms. The monoisotopic (exact) mass is 381 g/mol. The Labute approximate surface area is 167 Å². The van der Waals surface area contributed by atoms with Crippen molar-refractivity contribution >= 4 is 22.6 Å². The predicted molar refractivity (Wildman–Crippen MR) is 112 cm³/mol. The maximum Gasteiger partial charge on any atom is 0.221 e. The van der Waals surface area contributed by atoms with Crippen LogP contribution < -0.4 is 5.32 Å². The second kappa shape index (κ2) is 8.48. The summed E-state index contributed by atoms with van der Waals surface area (Å²) >= 11 is 0. The molecule has 0 bridgehead atoms. The summed E-state index contributed by atoms with van der Waals surface area (Å²) < 4.78 is 2.04. The molecule has 2 unspecified atom stereocenters. The quantitative estimate of drug-likeness (QED) is 0.778. The third kappa shape index (κ3) is 4.00. The van der Waals surface area contributed by atoms with Crippen LogP contribution in [0.5, 0.6) is 0 Å². The zero-order valence-corrected chi connectivity index (χ0v) is 16.8. The fourth-order valence-corrected chi connectivity index (χ4v) is 5.08. The van der Waals surface area contributed by atoms with Gasteiger partial charge in [-0.15, -0.1) is 0 Å². The van der Waals surface area contributed by atoms with E-state index in [1.54, 1.807) is 6.92 Å². The first-order valence-corrected chi connectivity index (χ1v) is 10.7. The molecule has 1 aromatic carbocycles. The van der Waals surface area contributed by atoms with Gasteiger partial charge in [0.2, 0.25) is 5.91 Å². The Morgan fingerprint density at radius 3 is 2.79 bits per heavy atom. The van der Waals surface area contributed by atoms with Crippen molar-refractivity contribution in [2.45, 2.75) is 58.0 Å². The van der Waals surface area contributed by atoms with E-state index in [0.29, 0.717) is 24.9 Å². The van der Waals surface area contributed by atoms with Crippen molar-refractivity contribution in [2.24, 2.45) is 5.92 Å². The average molecular weight is 382 g/mol. The van der Waals surface area contributed by atoms with E-state index in [2.05, 4.69) is 10.2 Å². The number of aromatic nitrogens is 1. The van der Waals surface area contributed by atoms with E-state index in [4.69, 9.17) is 0 Å². The number of para-hydroxylation sites is 1. The predicted octanol–water partition coefficient (Wildman–Crippen LogP) is 3.61. The van der Waals surface area contributed by atoms with Crippen molar-refractivity contribution in [1.29, 1.82) is 0 Å². The minimum atomic E-state index is 0.0636. The smallest absolute Gasteiger partial charge is 0.221 e. The minimum absolute atomic E-state index is 0.0636. The Balaban J connectivity index is 1.34. The maximum absolute atomic E-state index is 12.5. The van der Waals surface area contributed by atoms with E-state index < -0.39 is 0 Å². The van der Waals surface area contributed by atoms with E-state index >= 15 is 0 Å². The van der Waals surface area contributed by atoms with Crippen molar-refractivity contribution in [1.82, 2.24) is 14.8 Å². The van der Waals surface area contributed by atoms with Gasteiger partial charge in [0.05, 0.1) is 0 Å². The van der Waals surface area contributed by atoms with Crippen LogP contribution in [0.3, 0.4) is 0 Å². The molecule has 3 heterocycles. The number of nitrogens with zero attached hydrogens (tertiary/aromatic N) is 2. The number of hydrogen-bond donors (Lipinski definition) is 1. The highest BCUT2D eigenvalue weighted by atomic mass is 16.1. The van der Waals surface area contributed by atoms with Crippen LogP contribution in [0.4, 0.5) is 0 Å². The lowest BCUT2D eigenvalue weighted by molar-refractivity contribution is -0.121. The summed E-state index contributed by atoms with van der Waals surface area (Å²) in [5.74, 6) is 0.763. The van der Waals surface area contributed by atoms with Crippen molar-refractivity contribution < 1.29 is 9.59 Å². The van der Waals surface area contributed by atoms with Crippen molar-refractivity contribution in [3.63, 3.8) is 0 Å². The minimum Gasteiger partial charge on any atom is -0.356 e. The number of Topliss-reactive ketones (excluding diaryl/α,β-unsaturated/α-hetero) is 1. The van der Waals surface area contributed by atoms with Gasteiger partial charge < -0.3 is 14.8 Å². The lowest BCUT2D eigenvalue weighted by atomic mass is 9.83. The number of benzene rings is 1. The number of rotatable bonds is 6. The van der Waals surface area contributed by atoms with Gasteiger partial charge in [-0.05, 0) is 57.7 Å². The van der Waals surface area contributed by atoms with Gasteiger partial charge in [0.15, 0.2) is 5.78 Å². The third-order valence-corrected chi connectivity index (χ3v) is 6.54. The second-order valence-electron chi connectivity index (χ2n) is 8.36. The van der Waals surface area contributed by atoms with Gasteiger partial charge in [0, 0.05) is 48.2 Å². The molecule has 2 fully saturated rings. The van der Waals surface area contributed by atoms with Gasteiger partial charge in [-0.1, -0.05) is 24.6 Å². The number of nitrogens with one attached hydrogen (secondary N) is 1. The fourth-order valence-electron chi connectivity index (χ4n) is 5.08. The summed E-state index contributed by atoms with van der Waals surface area (Å²) in [7, 11) is 0. The van der Waals surface area contributed by atoms with Gasteiger partial charge in [0.25, 0.3) is 0 Å². The molecule has 2 aliphatic rings. The number of aryl methyl sites for hydroxylation is 1. The number of carbonyl (C=O) groups excluding carboxylic acids is 2. The molecule has 5 heteroatoms. The number of carbonyl (C=O) groups is 2. The first-order chi connectivity index (χ1) is 13.6. The van der Waals surface area contributed by atoms with Crippen LogP contribution in [0.2, 0.25) is 0 Å². The molecule has 0 spiro atoms. The lowest BCUT2D eigenvalue weighted by Crippen LogP contribution is -2.51. The van der Waals surface area contributed by atoms with E-state index in [1.807, 2.05) is 35.0 Å². The molecule has 1 N–H and O–H groups in total. The molecule has 0 radical (unpaired) electrons. The molecule has 2 atom stereocenters. The molecule has 1 aromatic heterocycles. The fraction of sp³-hybridized carbons (Fsp3) is 0.565. The topological polar surface area (TPSA) is 54.3 Å². The van der Waals surface area contributed by atoms with E-state index in [1.165, 1.54) is 45.2 Å². The first-order valence-electron chi connectivity index (χ1n) is 10.7. The SMILES string of the molecule is CC(=O)c1cn(CCC(=O)NCC2CCCN3CCCCC23)c2ccccc12. The number of amides is 1. The largest absolute Gasteiger partial charge is 0.356 e. The zero-order valence-electron chi connectivity index (χ0n) is 16.8. The first kappa shape index (κ1) is 19.2. The zero-order chi connectivity index (χ0) is 19.5. The lowest BCUT2D eigenvalue weighted by Gasteiger charge is -2.44. The van der Waals surface area contributed by atoms with E-state index in [-0.39, 0.29) is 11.7 Å². The Morgan fingerprint density at radius 2 is 1.93 bits per heavy atom. The highest BCUT2D eigenvalue weighted by Gasteiger charge is 2.32. The molecule has 0 aliphatic carbocycles. The van der Waals surface area contributed by atoms with Crippen molar-refractivity contribution in [2.75, 3.05) is 19.6 Å². The van der Waals surface area contributed by atoms with Crippen molar-refractivity contribution in [3.8, 4) is 0 Å². The molecule has 2 aromatic rings. The van der Waals surface area contributed by atoms with Gasteiger partial charge in [0.1, 0.15) is 0 Å². The molecule has 150 valence electrons. The van der Waals surface area contributed by atoms with Crippen LogP contribution in [0.25, 0.3) is 10.9 Å². The molecule has 1 amide bonds. The highest BCUT2D eigenvalue weighted by Crippen LogP contribution is 2.30. The van der Waals surface area contributed by atoms with Crippen LogP contribution in [0.1, 0.15) is 55.8 Å². The maximum atomic E-state index is 12.5. The number of piperidine rings is 2. The molecule has 2 aliphatic heterocycles. The highest BCUT2D eigenvalue weighted by molar-refractivity contribution is 6.06. The summed E-state index contributed by atoms with van der Waals surface area (Å²) in [5, 5.41) is 4.16. The van der Waals surface area contributed by atoms with E-state index in [0.717, 1.165) is 23.0 Å². The van der Waals surface area contributed by atoms with E-state index in [9.17, 15) is 9.59 Å². The van der Waals surface area contributed by atoms with Gasteiger partial charge in [-0.2, -0.15) is 0 Å². The average Bonchev–Trinajstić information content (AvgIpc) is 3.10. The summed E-state index contributed by atoms with van der Waals surface area (Å²) in [5.41, 5.74) is 1.75. The molecular weight excluding hydrogens is 350 g/mol. The van der Waals surface area contributed by atoms with Gasteiger partial charge >= 0.3 is 0 Å². The Hall–Kier alpha value is -2.14. The van der Waals surface area contributed by atoms with Crippen molar-refractivity contribution in [3.05, 3.63) is 36.0 Å². The molecule has 0 saturated carbocycles. The summed E-state index contributed by atoms with van der Waals surface area (Å²) in [6.45, 7) is 5.45. The van der Waals surface area contributed by atoms with Crippen LogP contribution in [-0.2, 0) is 11.3 Å². The summed E-state index contributed by atoms with van der Waals surface area (Å²) in [4.78, 5) is 27.0. The summed E-state index contributed by atoms with van der Waals surface area (Å²) in [6.07, 6.45) is 8.74. The van der Waals surface area contributed by atoms with Gasteiger partial charge in [-0.25, -0.2) is 0 Å². The Bertz CT molecular complexity index is 855. The Morgan fingerprint density at radius 1 is 1.11 bits per heavy atom. The summed E-state index contributed by atoms with van der Waals surface area (Å²) in [6, 6.07) is 8.57. The third-order valence-electron chi connectivity index (χ3n) is 6.54. The number of hydrogen-bond acceptors (Lipinski definition) is 3. The molecule has 5 nitrogen and oxygen atoms in total. The van der Waals surface area contributed by atoms with Crippen LogP contribution >= 0.6 is 0 Å². The molecule has 4 rings (SSSR count). The van der Waals surface area contributed by atoms with Crippen LogP contribution in [0.15, 0.2) is 30.5 Å². The second-order valence-corrected chi connectivity index (χ2v) is 8.36. The Kier molecular flexibility index (Phi) is 5.81. The van der Waals surface area contributed by atoms with Gasteiger partial charge in [-0.3, -0.25) is 9.59 Å². The molecular formula is C23H31N3O2. The van der Waals surface area contributed by atoms with Crippen LogP contribution in [0, 0.1) is 5.92 Å². The van der Waals surface area contributed by atoms with Crippen LogP contribution in [-0.4, -0.2) is 46.8 Å². The number of fused-ring (bicyclic) bond motifs is 2. The number of ketones is 1.